The van der Waals surface area contributed by atoms with E-state index in [-0.39, 0.29) is 5.82 Å². The van der Waals surface area contributed by atoms with Crippen molar-refractivity contribution in [2.75, 3.05) is 7.11 Å². The topological polar surface area (TPSA) is 97.3 Å². The Morgan fingerprint density at radius 3 is 2.69 bits per heavy atom. The van der Waals surface area contributed by atoms with Crippen LogP contribution in [0.5, 0.6) is 5.88 Å². The molecule has 0 fully saturated rings. The Kier molecular flexibility index (Phi) is 3.65. The Bertz CT molecular complexity index is 1080. The third kappa shape index (κ3) is 2.49. The fourth-order valence-corrected chi connectivity index (χ4v) is 2.94. The second-order valence-corrected chi connectivity index (χ2v) is 5.95. The Morgan fingerprint density at radius 2 is 2.08 bits per heavy atom. The summed E-state index contributed by atoms with van der Waals surface area (Å²) in [6, 6.07) is 3.36. The van der Waals surface area contributed by atoms with E-state index in [4.69, 9.17) is 16.5 Å². The summed E-state index contributed by atoms with van der Waals surface area (Å²) in [7, 11) is 1.50. The number of nitrogens with one attached hydrogen (secondary N) is 2. The van der Waals surface area contributed by atoms with Crippen molar-refractivity contribution in [1.29, 1.82) is 0 Å². The number of halogens is 3. The summed E-state index contributed by atoms with van der Waals surface area (Å²) in [5, 5.41) is 12.8. The monoisotopic (exact) mass is 379 g/mol. The van der Waals surface area contributed by atoms with E-state index >= 15 is 0 Å². The molecular formula is C15H12ClF2N7O. The second-order valence-electron chi connectivity index (χ2n) is 5.61. The van der Waals surface area contributed by atoms with Gasteiger partial charge in [0, 0.05) is 42.1 Å². The van der Waals surface area contributed by atoms with E-state index in [1.165, 1.54) is 11.2 Å². The number of pyridine rings is 1. The molecule has 11 heteroatoms. The maximum atomic E-state index is 13.5. The Morgan fingerprint density at radius 1 is 1.27 bits per heavy atom. The number of ether oxygens (including phenoxy) is 1. The zero-order chi connectivity index (χ0) is 18.5. The number of nitrogens with zero attached hydrogens (tertiary/aromatic N) is 5. The molecule has 0 aliphatic heterocycles. The zero-order valence-corrected chi connectivity index (χ0v) is 14.3. The van der Waals surface area contributed by atoms with E-state index in [0.717, 1.165) is 6.92 Å². The van der Waals surface area contributed by atoms with Crippen LogP contribution >= 0.6 is 11.8 Å². The summed E-state index contributed by atoms with van der Waals surface area (Å²) >= 11 is 6.46. The summed E-state index contributed by atoms with van der Waals surface area (Å²) in [6.45, 7) is 0.733. The molecule has 4 rings (SSSR count). The largest absolute Gasteiger partial charge is 0.481 e. The van der Waals surface area contributed by atoms with Gasteiger partial charge in [0.2, 0.25) is 5.88 Å². The fourth-order valence-electron chi connectivity index (χ4n) is 2.65. The first-order valence-corrected chi connectivity index (χ1v) is 7.79. The summed E-state index contributed by atoms with van der Waals surface area (Å²) in [6.07, 6.45) is 3.20. The highest BCUT2D eigenvalue weighted by Crippen LogP contribution is 2.40. The highest BCUT2D eigenvalue weighted by atomic mass is 35.5. The quantitative estimate of drug-likeness (QED) is 0.566. The van der Waals surface area contributed by atoms with Crippen LogP contribution < -0.4 is 4.74 Å². The smallest absolute Gasteiger partial charge is 0.303 e. The standard InChI is InChI=1S/C15H12ClF2N7O/c1-15(17,18)14-22-13(23-24-14)12-10(7-5-19-20-6-7)11-8(25(12)16)3-4-9(21-11)26-2/h3-6H,1-2H3,(H,19,20)(H,22,23,24). The Hall–Kier alpha value is -3.01. The first-order valence-electron chi connectivity index (χ1n) is 7.46. The van der Waals surface area contributed by atoms with Crippen molar-refractivity contribution < 1.29 is 13.5 Å². The molecule has 0 saturated carbocycles. The van der Waals surface area contributed by atoms with Gasteiger partial charge in [-0.2, -0.15) is 19.0 Å². The molecule has 0 saturated heterocycles. The Balaban J connectivity index is 2.04. The highest BCUT2D eigenvalue weighted by molar-refractivity contribution is 6.23. The minimum Gasteiger partial charge on any atom is -0.481 e. The van der Waals surface area contributed by atoms with E-state index in [0.29, 0.717) is 33.7 Å². The van der Waals surface area contributed by atoms with Gasteiger partial charge in [-0.15, -0.1) is 0 Å². The van der Waals surface area contributed by atoms with Crippen LogP contribution in [0, 0.1) is 0 Å². The van der Waals surface area contributed by atoms with Gasteiger partial charge in [-0.1, -0.05) is 0 Å². The molecule has 0 amide bonds. The number of aromatic amines is 2. The van der Waals surface area contributed by atoms with Crippen LogP contribution in [0.2, 0.25) is 0 Å². The molecule has 0 aliphatic carbocycles. The van der Waals surface area contributed by atoms with E-state index in [2.05, 4.69) is 30.4 Å². The first kappa shape index (κ1) is 16.5. The normalized spacial score (nSPS) is 12.0. The highest BCUT2D eigenvalue weighted by Gasteiger charge is 2.31. The molecular weight excluding hydrogens is 368 g/mol. The molecule has 0 bridgehead atoms. The minimum atomic E-state index is -3.16. The lowest BCUT2D eigenvalue weighted by Gasteiger charge is -2.04. The number of aromatic nitrogens is 7. The molecule has 26 heavy (non-hydrogen) atoms. The van der Waals surface area contributed by atoms with Crippen molar-refractivity contribution in [2.24, 2.45) is 0 Å². The van der Waals surface area contributed by atoms with Crippen LogP contribution in [-0.2, 0) is 5.92 Å². The van der Waals surface area contributed by atoms with Crippen molar-refractivity contribution >= 4 is 22.8 Å². The van der Waals surface area contributed by atoms with Gasteiger partial charge >= 0.3 is 5.92 Å². The van der Waals surface area contributed by atoms with E-state index in [9.17, 15) is 8.78 Å². The van der Waals surface area contributed by atoms with Crippen LogP contribution in [0.15, 0.2) is 24.5 Å². The Labute approximate surface area is 150 Å². The van der Waals surface area contributed by atoms with Crippen molar-refractivity contribution in [3.63, 3.8) is 0 Å². The lowest BCUT2D eigenvalue weighted by molar-refractivity contribution is 0.00813. The van der Waals surface area contributed by atoms with Crippen LogP contribution in [0.25, 0.3) is 33.7 Å². The molecule has 2 N–H and O–H groups in total. The fraction of sp³-hybridized carbons (Fsp3) is 0.200. The van der Waals surface area contributed by atoms with Gasteiger partial charge in [-0.3, -0.25) is 10.2 Å². The van der Waals surface area contributed by atoms with E-state index in [1.54, 1.807) is 24.5 Å². The number of methoxy groups -OCH3 is 1. The van der Waals surface area contributed by atoms with Crippen molar-refractivity contribution in [3.8, 4) is 28.5 Å². The molecule has 4 aromatic rings. The SMILES string of the molecule is COc1ccc2c(n1)c(-c1cn[nH]c1)c(-c1n[nH]c(C(C)(F)F)n1)n2Cl. The summed E-state index contributed by atoms with van der Waals surface area (Å²) < 4.78 is 33.5. The van der Waals surface area contributed by atoms with Gasteiger partial charge in [0.25, 0.3) is 0 Å². The lowest BCUT2D eigenvalue weighted by atomic mass is 10.1. The molecule has 8 nitrogen and oxygen atoms in total. The van der Waals surface area contributed by atoms with Crippen LogP contribution in [0.1, 0.15) is 12.7 Å². The lowest BCUT2D eigenvalue weighted by Crippen LogP contribution is -2.09. The average molecular weight is 380 g/mol. The van der Waals surface area contributed by atoms with E-state index < -0.39 is 11.7 Å². The zero-order valence-electron chi connectivity index (χ0n) is 13.6. The summed E-state index contributed by atoms with van der Waals surface area (Å²) in [4.78, 5) is 8.34. The van der Waals surface area contributed by atoms with Crippen molar-refractivity contribution in [3.05, 3.63) is 30.4 Å². The molecule has 0 radical (unpaired) electrons. The van der Waals surface area contributed by atoms with Gasteiger partial charge in [-0.25, -0.2) is 14.1 Å². The third-order valence-electron chi connectivity index (χ3n) is 3.84. The molecule has 4 heterocycles. The molecule has 0 aromatic carbocycles. The molecule has 4 aromatic heterocycles. The van der Waals surface area contributed by atoms with E-state index in [1.807, 2.05) is 0 Å². The van der Waals surface area contributed by atoms with Crippen LogP contribution in [0.4, 0.5) is 8.78 Å². The average Bonchev–Trinajstić information content (AvgIpc) is 3.32. The van der Waals surface area contributed by atoms with Gasteiger partial charge < -0.3 is 4.74 Å². The molecule has 134 valence electrons. The second kappa shape index (κ2) is 5.77. The first-order chi connectivity index (χ1) is 12.4. The molecule has 0 unspecified atom stereocenters. The van der Waals surface area contributed by atoms with Crippen LogP contribution in [-0.4, -0.2) is 41.6 Å². The summed E-state index contributed by atoms with van der Waals surface area (Å²) in [5.41, 5.74) is 2.57. The minimum absolute atomic E-state index is 0.0182. The maximum absolute atomic E-state index is 13.5. The number of alkyl halides is 2. The number of H-pyrrole nitrogens is 2. The van der Waals surface area contributed by atoms with Gasteiger partial charge in [0.1, 0.15) is 11.2 Å². The maximum Gasteiger partial charge on any atom is 0.303 e. The molecule has 0 aliphatic rings. The summed E-state index contributed by atoms with van der Waals surface area (Å²) in [5.74, 6) is -3.32. The van der Waals surface area contributed by atoms with Crippen molar-refractivity contribution in [1.82, 2.24) is 34.4 Å². The molecule has 0 spiro atoms. The number of rotatable bonds is 4. The predicted octanol–water partition coefficient (Wildman–Crippen LogP) is 3.33. The van der Waals surface area contributed by atoms with Gasteiger partial charge in [0.15, 0.2) is 11.6 Å². The van der Waals surface area contributed by atoms with Crippen molar-refractivity contribution in [2.45, 2.75) is 12.8 Å². The predicted molar refractivity (Wildman–Crippen MR) is 90.1 cm³/mol. The van der Waals surface area contributed by atoms with Gasteiger partial charge in [-0.05, 0) is 6.07 Å². The molecule has 0 atom stereocenters. The number of fused-ring (bicyclic) bond motifs is 1. The van der Waals surface area contributed by atoms with Gasteiger partial charge in [0.05, 0.1) is 18.8 Å². The van der Waals surface area contributed by atoms with Crippen LogP contribution in [0.3, 0.4) is 0 Å². The third-order valence-corrected chi connectivity index (χ3v) is 4.19. The number of hydrogen-bond donors (Lipinski definition) is 2. The number of hydrogen-bond acceptors (Lipinski definition) is 5.